The van der Waals surface area contributed by atoms with Gasteiger partial charge in [0.05, 0.1) is 5.69 Å². The van der Waals surface area contributed by atoms with Crippen LogP contribution in [0.4, 0.5) is 4.39 Å². The number of nitrogens with one attached hydrogen (secondary N) is 1. The van der Waals surface area contributed by atoms with Crippen LogP contribution in [0.25, 0.3) is 5.69 Å². The average Bonchev–Trinajstić information content (AvgIpc) is 2.86. The van der Waals surface area contributed by atoms with Gasteiger partial charge in [0.2, 0.25) is 5.82 Å². The van der Waals surface area contributed by atoms with Crippen LogP contribution >= 0.6 is 0 Å². The molecule has 0 unspecified atom stereocenters. The van der Waals surface area contributed by atoms with Crippen molar-refractivity contribution in [3.05, 3.63) is 41.7 Å². The lowest BCUT2D eigenvalue weighted by atomic mass is 10.2. The fraction of sp³-hybridized carbons (Fsp3) is 0.400. The SMILES string of the molecule is CCCCCNC(=O)c1nc(C)n(-c2ccc(F)cc2)n1. The number of aromatic nitrogens is 3. The number of aryl methyl sites for hydroxylation is 1. The van der Waals surface area contributed by atoms with Crippen molar-refractivity contribution >= 4 is 5.91 Å². The molecule has 0 saturated heterocycles. The van der Waals surface area contributed by atoms with E-state index in [1.807, 2.05) is 0 Å². The fourth-order valence-electron chi connectivity index (χ4n) is 1.97. The quantitative estimate of drug-likeness (QED) is 0.832. The zero-order valence-corrected chi connectivity index (χ0v) is 12.3. The van der Waals surface area contributed by atoms with Crippen LogP contribution in [-0.4, -0.2) is 27.2 Å². The van der Waals surface area contributed by atoms with Crippen LogP contribution < -0.4 is 5.32 Å². The number of benzene rings is 1. The van der Waals surface area contributed by atoms with E-state index in [4.69, 9.17) is 0 Å². The lowest BCUT2D eigenvalue weighted by Crippen LogP contribution is -2.25. The van der Waals surface area contributed by atoms with Crippen molar-refractivity contribution in [2.24, 2.45) is 0 Å². The Kier molecular flexibility index (Phi) is 5.03. The van der Waals surface area contributed by atoms with E-state index in [1.54, 1.807) is 19.1 Å². The zero-order chi connectivity index (χ0) is 15.2. The van der Waals surface area contributed by atoms with Crippen molar-refractivity contribution in [1.29, 1.82) is 0 Å². The molecule has 0 aliphatic carbocycles. The number of unbranched alkanes of at least 4 members (excludes halogenated alkanes) is 2. The Balaban J connectivity index is 2.08. The van der Waals surface area contributed by atoms with Crippen LogP contribution in [-0.2, 0) is 0 Å². The maximum absolute atomic E-state index is 12.9. The summed E-state index contributed by atoms with van der Waals surface area (Å²) in [5.41, 5.74) is 0.673. The molecule has 0 spiro atoms. The van der Waals surface area contributed by atoms with E-state index in [2.05, 4.69) is 22.3 Å². The Bertz CT molecular complexity index is 607. The number of nitrogens with zero attached hydrogens (tertiary/aromatic N) is 3. The third-order valence-electron chi connectivity index (χ3n) is 3.11. The van der Waals surface area contributed by atoms with Gasteiger partial charge in [-0.15, -0.1) is 5.10 Å². The topological polar surface area (TPSA) is 59.8 Å². The Morgan fingerprint density at radius 1 is 1.29 bits per heavy atom. The van der Waals surface area contributed by atoms with Crippen LogP contribution in [0.15, 0.2) is 24.3 Å². The highest BCUT2D eigenvalue weighted by Gasteiger charge is 2.14. The highest BCUT2D eigenvalue weighted by molar-refractivity contribution is 5.90. The summed E-state index contributed by atoms with van der Waals surface area (Å²) in [4.78, 5) is 16.1. The number of hydrogen-bond donors (Lipinski definition) is 1. The van der Waals surface area contributed by atoms with Gasteiger partial charge in [-0.25, -0.2) is 14.1 Å². The smallest absolute Gasteiger partial charge is 0.290 e. The van der Waals surface area contributed by atoms with Crippen LogP contribution in [0.2, 0.25) is 0 Å². The maximum atomic E-state index is 12.9. The number of rotatable bonds is 6. The van der Waals surface area contributed by atoms with Gasteiger partial charge in [0.15, 0.2) is 0 Å². The highest BCUT2D eigenvalue weighted by atomic mass is 19.1. The Morgan fingerprint density at radius 2 is 2.00 bits per heavy atom. The summed E-state index contributed by atoms with van der Waals surface area (Å²) in [7, 11) is 0. The van der Waals surface area contributed by atoms with E-state index < -0.39 is 0 Å². The molecule has 1 N–H and O–H groups in total. The van der Waals surface area contributed by atoms with Crippen molar-refractivity contribution in [2.75, 3.05) is 6.54 Å². The monoisotopic (exact) mass is 290 g/mol. The third kappa shape index (κ3) is 3.87. The molecule has 0 bridgehead atoms. The predicted octanol–water partition coefficient (Wildman–Crippen LogP) is 2.63. The molecule has 0 aliphatic heterocycles. The molecule has 1 aromatic carbocycles. The maximum Gasteiger partial charge on any atom is 0.290 e. The highest BCUT2D eigenvalue weighted by Crippen LogP contribution is 2.10. The fourth-order valence-corrected chi connectivity index (χ4v) is 1.97. The largest absolute Gasteiger partial charge is 0.349 e. The second kappa shape index (κ2) is 6.97. The summed E-state index contributed by atoms with van der Waals surface area (Å²) < 4.78 is 14.5. The van der Waals surface area contributed by atoms with Crippen molar-refractivity contribution in [3.63, 3.8) is 0 Å². The van der Waals surface area contributed by atoms with Crippen LogP contribution in [0.5, 0.6) is 0 Å². The van der Waals surface area contributed by atoms with E-state index in [0.717, 1.165) is 19.3 Å². The number of halogens is 1. The standard InChI is InChI=1S/C15H19FN4O/c1-3-4-5-10-17-15(21)14-18-11(2)20(19-14)13-8-6-12(16)7-9-13/h6-9H,3-5,10H2,1-2H3,(H,17,21). The first-order valence-electron chi connectivity index (χ1n) is 7.09. The molecule has 1 amide bonds. The van der Waals surface area contributed by atoms with E-state index in [0.29, 0.717) is 18.1 Å². The normalized spacial score (nSPS) is 10.6. The molecular formula is C15H19FN4O. The average molecular weight is 290 g/mol. The van der Waals surface area contributed by atoms with Crippen LogP contribution in [0.3, 0.4) is 0 Å². The van der Waals surface area contributed by atoms with E-state index >= 15 is 0 Å². The molecule has 2 aromatic rings. The summed E-state index contributed by atoms with van der Waals surface area (Å²) in [5.74, 6) is 0.120. The minimum Gasteiger partial charge on any atom is -0.349 e. The van der Waals surface area contributed by atoms with E-state index in [-0.39, 0.29) is 17.5 Å². The van der Waals surface area contributed by atoms with Gasteiger partial charge in [-0.05, 0) is 37.6 Å². The Hall–Kier alpha value is -2.24. The first-order chi connectivity index (χ1) is 10.1. The second-order valence-corrected chi connectivity index (χ2v) is 4.83. The van der Waals surface area contributed by atoms with E-state index in [1.165, 1.54) is 16.8 Å². The second-order valence-electron chi connectivity index (χ2n) is 4.83. The Labute approximate surface area is 123 Å². The van der Waals surface area contributed by atoms with Gasteiger partial charge in [-0.1, -0.05) is 19.8 Å². The van der Waals surface area contributed by atoms with Crippen LogP contribution in [0.1, 0.15) is 42.6 Å². The van der Waals surface area contributed by atoms with E-state index in [9.17, 15) is 9.18 Å². The number of amides is 1. The van der Waals surface area contributed by atoms with Crippen LogP contribution in [0, 0.1) is 12.7 Å². The molecule has 0 saturated carbocycles. The summed E-state index contributed by atoms with van der Waals surface area (Å²) in [5, 5.41) is 6.98. The molecule has 21 heavy (non-hydrogen) atoms. The zero-order valence-electron chi connectivity index (χ0n) is 12.3. The summed E-state index contributed by atoms with van der Waals surface area (Å²) in [6.45, 7) is 4.48. The summed E-state index contributed by atoms with van der Waals surface area (Å²) >= 11 is 0. The molecule has 0 radical (unpaired) electrons. The van der Waals surface area contributed by atoms with Gasteiger partial charge in [0.25, 0.3) is 5.91 Å². The van der Waals surface area contributed by atoms with Crippen molar-refractivity contribution < 1.29 is 9.18 Å². The minimum atomic E-state index is -0.314. The molecule has 1 aromatic heterocycles. The first kappa shape index (κ1) is 15.2. The van der Waals surface area contributed by atoms with Crippen molar-refractivity contribution in [3.8, 4) is 5.69 Å². The van der Waals surface area contributed by atoms with Gasteiger partial charge >= 0.3 is 0 Å². The summed E-state index contributed by atoms with van der Waals surface area (Å²) in [6, 6.07) is 5.89. The van der Waals surface area contributed by atoms with Gasteiger partial charge in [0, 0.05) is 6.54 Å². The molecular weight excluding hydrogens is 271 g/mol. The molecule has 5 nitrogen and oxygen atoms in total. The third-order valence-corrected chi connectivity index (χ3v) is 3.11. The van der Waals surface area contributed by atoms with Crippen molar-refractivity contribution in [2.45, 2.75) is 33.1 Å². The molecule has 0 atom stereocenters. The molecule has 0 aliphatic rings. The van der Waals surface area contributed by atoms with Gasteiger partial charge in [0.1, 0.15) is 11.6 Å². The number of carbonyl (C=O) groups excluding carboxylic acids is 1. The lowest BCUT2D eigenvalue weighted by Gasteiger charge is -2.02. The van der Waals surface area contributed by atoms with Crippen molar-refractivity contribution in [1.82, 2.24) is 20.1 Å². The molecule has 6 heteroatoms. The minimum absolute atomic E-state index is 0.133. The van der Waals surface area contributed by atoms with Gasteiger partial charge in [-0.2, -0.15) is 0 Å². The molecule has 0 fully saturated rings. The summed E-state index contributed by atoms with van der Waals surface area (Å²) in [6.07, 6.45) is 3.13. The van der Waals surface area contributed by atoms with Gasteiger partial charge < -0.3 is 5.32 Å². The molecule has 112 valence electrons. The Morgan fingerprint density at radius 3 is 2.67 bits per heavy atom. The molecule has 1 heterocycles. The van der Waals surface area contributed by atoms with Gasteiger partial charge in [-0.3, -0.25) is 4.79 Å². The molecule has 2 rings (SSSR count). The predicted molar refractivity (Wildman–Crippen MR) is 77.9 cm³/mol. The lowest BCUT2D eigenvalue weighted by molar-refractivity contribution is 0.0942. The number of hydrogen-bond acceptors (Lipinski definition) is 3. The first-order valence-corrected chi connectivity index (χ1v) is 7.09. The number of carbonyl (C=O) groups is 1.